The van der Waals surface area contributed by atoms with Gasteiger partial charge in [0.05, 0.1) is 17.8 Å². The summed E-state index contributed by atoms with van der Waals surface area (Å²) in [5.74, 6) is -0.888. The zero-order chi connectivity index (χ0) is 15.1. The number of Topliss-reactive ketones (excluding diaryl/α,β-unsaturated/α-hetero) is 1. The minimum atomic E-state index is -0.455. The summed E-state index contributed by atoms with van der Waals surface area (Å²) in [7, 11) is 0. The Morgan fingerprint density at radius 3 is 2.57 bits per heavy atom. The van der Waals surface area contributed by atoms with Crippen LogP contribution in [0.2, 0.25) is 0 Å². The van der Waals surface area contributed by atoms with Crippen LogP contribution in [0.5, 0.6) is 0 Å². The van der Waals surface area contributed by atoms with Crippen molar-refractivity contribution in [3.63, 3.8) is 0 Å². The monoisotopic (exact) mass is 343 g/mol. The molecule has 1 heterocycles. The molecule has 3 nitrogen and oxygen atoms in total. The predicted octanol–water partition coefficient (Wildman–Crippen LogP) is 3.80. The lowest BCUT2D eigenvalue weighted by Crippen LogP contribution is -2.29. The quantitative estimate of drug-likeness (QED) is 0.778. The van der Waals surface area contributed by atoms with Crippen molar-refractivity contribution in [2.45, 2.75) is 20.4 Å². The van der Waals surface area contributed by atoms with Gasteiger partial charge in [-0.15, -0.1) is 0 Å². The molecule has 1 amide bonds. The fourth-order valence-corrected chi connectivity index (χ4v) is 2.93. The van der Waals surface area contributed by atoms with Crippen LogP contribution < -0.4 is 4.90 Å². The molecule has 0 atom stereocenters. The molecule has 1 aliphatic rings. The van der Waals surface area contributed by atoms with Crippen LogP contribution in [0, 0.1) is 13.8 Å². The fourth-order valence-electron chi connectivity index (χ4n) is 2.57. The van der Waals surface area contributed by atoms with Gasteiger partial charge in [-0.2, -0.15) is 0 Å². The summed E-state index contributed by atoms with van der Waals surface area (Å²) >= 11 is 3.34. The molecule has 0 spiro atoms. The van der Waals surface area contributed by atoms with E-state index in [9.17, 15) is 9.59 Å². The van der Waals surface area contributed by atoms with Gasteiger partial charge in [0.15, 0.2) is 0 Å². The lowest BCUT2D eigenvalue weighted by Gasteiger charge is -2.18. The van der Waals surface area contributed by atoms with E-state index in [1.54, 1.807) is 11.0 Å². The number of fused-ring (bicyclic) bond motifs is 1. The lowest BCUT2D eigenvalue weighted by molar-refractivity contribution is -0.114. The third-order valence-electron chi connectivity index (χ3n) is 3.77. The first-order valence-electron chi connectivity index (χ1n) is 6.69. The summed E-state index contributed by atoms with van der Waals surface area (Å²) in [6.07, 6.45) is 0. The average molecular weight is 344 g/mol. The van der Waals surface area contributed by atoms with Crippen molar-refractivity contribution in [1.29, 1.82) is 0 Å². The van der Waals surface area contributed by atoms with E-state index in [4.69, 9.17) is 0 Å². The maximum Gasteiger partial charge on any atom is 0.299 e. The smallest absolute Gasteiger partial charge is 0.299 e. The van der Waals surface area contributed by atoms with E-state index in [-0.39, 0.29) is 0 Å². The molecule has 106 valence electrons. The number of aryl methyl sites for hydroxylation is 2. The van der Waals surface area contributed by atoms with Crippen molar-refractivity contribution in [3.05, 3.63) is 63.1 Å². The first-order chi connectivity index (χ1) is 9.97. The summed E-state index contributed by atoms with van der Waals surface area (Å²) in [6.45, 7) is 4.46. The van der Waals surface area contributed by atoms with E-state index in [0.29, 0.717) is 17.8 Å². The molecule has 2 aromatic carbocycles. The van der Waals surface area contributed by atoms with Crippen LogP contribution in [0.15, 0.2) is 40.9 Å². The highest BCUT2D eigenvalue weighted by Gasteiger charge is 2.35. The van der Waals surface area contributed by atoms with Crippen molar-refractivity contribution in [1.82, 2.24) is 0 Å². The van der Waals surface area contributed by atoms with Gasteiger partial charge in [0, 0.05) is 4.47 Å². The zero-order valence-electron chi connectivity index (χ0n) is 11.8. The summed E-state index contributed by atoms with van der Waals surface area (Å²) in [5.41, 5.74) is 4.48. The van der Waals surface area contributed by atoms with Crippen molar-refractivity contribution in [2.24, 2.45) is 0 Å². The summed E-state index contributed by atoms with van der Waals surface area (Å²) < 4.78 is 0.802. The summed E-state index contributed by atoms with van der Waals surface area (Å²) in [6, 6.07) is 11.5. The van der Waals surface area contributed by atoms with Crippen LogP contribution in [0.3, 0.4) is 0 Å². The average Bonchev–Trinajstić information content (AvgIpc) is 2.68. The number of amides is 1. The van der Waals surface area contributed by atoms with E-state index >= 15 is 0 Å². The molecule has 3 rings (SSSR count). The Morgan fingerprint density at radius 1 is 1.05 bits per heavy atom. The van der Waals surface area contributed by atoms with Gasteiger partial charge in [-0.3, -0.25) is 9.59 Å². The lowest BCUT2D eigenvalue weighted by atomic mass is 10.1. The topological polar surface area (TPSA) is 37.4 Å². The van der Waals surface area contributed by atoms with Gasteiger partial charge in [0.25, 0.3) is 11.7 Å². The van der Waals surface area contributed by atoms with Gasteiger partial charge in [-0.05, 0) is 43.2 Å². The maximum absolute atomic E-state index is 12.2. The number of hydrogen-bond donors (Lipinski definition) is 0. The Morgan fingerprint density at radius 2 is 1.81 bits per heavy atom. The Bertz CT molecular complexity index is 767. The van der Waals surface area contributed by atoms with E-state index in [2.05, 4.69) is 22.0 Å². The number of carbonyl (C=O) groups excluding carboxylic acids is 2. The van der Waals surface area contributed by atoms with E-state index < -0.39 is 11.7 Å². The largest absolute Gasteiger partial charge is 0.300 e. The van der Waals surface area contributed by atoms with Gasteiger partial charge >= 0.3 is 0 Å². The molecule has 0 unspecified atom stereocenters. The van der Waals surface area contributed by atoms with Gasteiger partial charge in [-0.25, -0.2) is 0 Å². The zero-order valence-corrected chi connectivity index (χ0v) is 13.4. The van der Waals surface area contributed by atoms with Crippen LogP contribution >= 0.6 is 15.9 Å². The molecule has 0 fully saturated rings. The number of ketones is 1. The molecule has 4 heteroatoms. The van der Waals surface area contributed by atoms with Crippen LogP contribution in [-0.4, -0.2) is 11.7 Å². The first kappa shape index (κ1) is 14.0. The third-order valence-corrected chi connectivity index (χ3v) is 4.26. The molecule has 1 aliphatic heterocycles. The minimum absolute atomic E-state index is 0.423. The van der Waals surface area contributed by atoms with Gasteiger partial charge in [0.1, 0.15) is 0 Å². The van der Waals surface area contributed by atoms with Crippen molar-refractivity contribution < 1.29 is 9.59 Å². The second-order valence-electron chi connectivity index (χ2n) is 5.31. The fraction of sp³-hybridized carbons (Fsp3) is 0.176. The molecular formula is C17H14BrNO2. The van der Waals surface area contributed by atoms with Crippen molar-refractivity contribution in [2.75, 3.05) is 4.90 Å². The first-order valence-corrected chi connectivity index (χ1v) is 7.48. The highest BCUT2D eigenvalue weighted by Crippen LogP contribution is 2.32. The summed E-state index contributed by atoms with van der Waals surface area (Å²) in [5, 5.41) is 0. The van der Waals surface area contributed by atoms with Crippen molar-refractivity contribution in [3.8, 4) is 0 Å². The molecule has 0 aromatic heterocycles. The highest BCUT2D eigenvalue weighted by molar-refractivity contribution is 9.10. The van der Waals surface area contributed by atoms with Gasteiger partial charge in [0.2, 0.25) is 0 Å². The molecule has 0 radical (unpaired) electrons. The van der Waals surface area contributed by atoms with Crippen LogP contribution in [0.1, 0.15) is 27.0 Å². The van der Waals surface area contributed by atoms with E-state index in [0.717, 1.165) is 21.2 Å². The molecule has 0 saturated heterocycles. The van der Waals surface area contributed by atoms with E-state index in [1.807, 2.05) is 38.1 Å². The number of halogens is 1. The number of nitrogens with zero attached hydrogens (tertiary/aromatic N) is 1. The van der Waals surface area contributed by atoms with Gasteiger partial charge in [-0.1, -0.05) is 39.7 Å². The minimum Gasteiger partial charge on any atom is -0.300 e. The molecule has 0 saturated carbocycles. The molecule has 21 heavy (non-hydrogen) atoms. The Kier molecular flexibility index (Phi) is 3.41. The number of hydrogen-bond acceptors (Lipinski definition) is 2. The number of carbonyl (C=O) groups is 2. The highest BCUT2D eigenvalue weighted by atomic mass is 79.9. The third kappa shape index (κ3) is 2.40. The molecule has 0 bridgehead atoms. The SMILES string of the molecule is Cc1ccc(C)c(CN2C(=O)C(=O)c3cc(Br)ccc32)c1. The molecule has 0 aliphatic carbocycles. The predicted molar refractivity (Wildman–Crippen MR) is 85.6 cm³/mol. The number of rotatable bonds is 2. The standard InChI is InChI=1S/C17H14BrNO2/c1-10-3-4-11(2)12(7-10)9-19-15-6-5-13(18)8-14(15)16(20)17(19)21/h3-8H,9H2,1-2H3. The van der Waals surface area contributed by atoms with Crippen molar-refractivity contribution >= 4 is 33.3 Å². The normalized spacial score (nSPS) is 13.8. The second kappa shape index (κ2) is 5.11. The van der Waals surface area contributed by atoms with Gasteiger partial charge < -0.3 is 4.90 Å². The second-order valence-corrected chi connectivity index (χ2v) is 6.23. The Labute approximate surface area is 131 Å². The molecule has 0 N–H and O–H groups in total. The number of benzene rings is 2. The van der Waals surface area contributed by atoms with Crippen LogP contribution in [0.4, 0.5) is 5.69 Å². The molecular weight excluding hydrogens is 330 g/mol. The molecule has 2 aromatic rings. The van der Waals surface area contributed by atoms with Crippen LogP contribution in [0.25, 0.3) is 0 Å². The maximum atomic E-state index is 12.2. The Hall–Kier alpha value is -1.94. The Balaban J connectivity index is 2.02. The van der Waals surface area contributed by atoms with Crippen LogP contribution in [-0.2, 0) is 11.3 Å². The number of anilines is 1. The van der Waals surface area contributed by atoms with E-state index in [1.165, 1.54) is 0 Å². The summed E-state index contributed by atoms with van der Waals surface area (Å²) in [4.78, 5) is 25.9.